The van der Waals surface area contributed by atoms with E-state index in [9.17, 15) is 4.79 Å². The van der Waals surface area contributed by atoms with Gasteiger partial charge in [-0.05, 0) is 31.1 Å². The maximum Gasteiger partial charge on any atom is 0.302 e. The molecular formula is C11H20O3. The predicted octanol–water partition coefficient (Wildman–Crippen LogP) is 1.74. The minimum absolute atomic E-state index is 0.195. The van der Waals surface area contributed by atoms with E-state index in [0.717, 1.165) is 19.3 Å². The van der Waals surface area contributed by atoms with Gasteiger partial charge in [-0.1, -0.05) is 12.8 Å². The zero-order valence-corrected chi connectivity index (χ0v) is 8.87. The lowest BCUT2D eigenvalue weighted by Gasteiger charge is -2.27. The number of hydrogen-bond acceptors (Lipinski definition) is 3. The number of esters is 1. The number of ether oxygens (including phenoxy) is 1. The molecule has 0 aromatic heterocycles. The Balaban J connectivity index is 2.14. The summed E-state index contributed by atoms with van der Waals surface area (Å²) in [7, 11) is 0. The van der Waals surface area contributed by atoms with Gasteiger partial charge in [0.05, 0.1) is 6.61 Å². The lowest BCUT2D eigenvalue weighted by Crippen LogP contribution is -2.19. The van der Waals surface area contributed by atoms with Gasteiger partial charge in [0.15, 0.2) is 0 Å². The van der Waals surface area contributed by atoms with Crippen molar-refractivity contribution in [2.24, 2.45) is 11.8 Å². The van der Waals surface area contributed by atoms with Gasteiger partial charge in [-0.15, -0.1) is 0 Å². The van der Waals surface area contributed by atoms with E-state index >= 15 is 0 Å². The lowest BCUT2D eigenvalue weighted by molar-refractivity contribution is -0.141. The summed E-state index contributed by atoms with van der Waals surface area (Å²) in [4.78, 5) is 10.5. The van der Waals surface area contributed by atoms with Gasteiger partial charge >= 0.3 is 5.97 Å². The average molecular weight is 200 g/mol. The fraction of sp³-hybridized carbons (Fsp3) is 0.909. The molecule has 1 fully saturated rings. The summed E-state index contributed by atoms with van der Waals surface area (Å²) in [5, 5.41) is 9.04. The molecule has 3 heteroatoms. The molecule has 1 aliphatic rings. The van der Waals surface area contributed by atoms with Crippen molar-refractivity contribution in [2.75, 3.05) is 13.2 Å². The molecule has 0 heterocycles. The number of hydrogen-bond donors (Lipinski definition) is 1. The molecule has 0 saturated heterocycles. The molecule has 0 aliphatic heterocycles. The van der Waals surface area contributed by atoms with E-state index in [1.807, 2.05) is 0 Å². The molecule has 14 heavy (non-hydrogen) atoms. The smallest absolute Gasteiger partial charge is 0.302 e. The number of aliphatic hydroxyl groups excluding tert-OH is 1. The van der Waals surface area contributed by atoms with Crippen molar-refractivity contribution in [3.63, 3.8) is 0 Å². The summed E-state index contributed by atoms with van der Waals surface area (Å²) in [6.45, 7) is 2.29. The highest BCUT2D eigenvalue weighted by Gasteiger charge is 2.21. The Hall–Kier alpha value is -0.570. The molecule has 1 N–H and O–H groups in total. The topological polar surface area (TPSA) is 46.5 Å². The SMILES string of the molecule is CC(=O)OCCC1CCCC(CO)C1. The van der Waals surface area contributed by atoms with Crippen molar-refractivity contribution in [3.8, 4) is 0 Å². The number of aliphatic hydroxyl groups is 1. The van der Waals surface area contributed by atoms with Gasteiger partial charge in [0.25, 0.3) is 0 Å². The molecule has 0 bridgehead atoms. The molecule has 0 spiro atoms. The highest BCUT2D eigenvalue weighted by molar-refractivity contribution is 5.65. The van der Waals surface area contributed by atoms with E-state index in [4.69, 9.17) is 9.84 Å². The van der Waals surface area contributed by atoms with Crippen molar-refractivity contribution in [1.29, 1.82) is 0 Å². The van der Waals surface area contributed by atoms with E-state index in [1.165, 1.54) is 19.8 Å². The third kappa shape index (κ3) is 4.09. The van der Waals surface area contributed by atoms with Gasteiger partial charge in [0, 0.05) is 13.5 Å². The van der Waals surface area contributed by atoms with Crippen molar-refractivity contribution in [3.05, 3.63) is 0 Å². The largest absolute Gasteiger partial charge is 0.466 e. The summed E-state index contributed by atoms with van der Waals surface area (Å²) in [5.41, 5.74) is 0. The van der Waals surface area contributed by atoms with Crippen LogP contribution in [0.2, 0.25) is 0 Å². The highest BCUT2D eigenvalue weighted by atomic mass is 16.5. The third-order valence-corrected chi connectivity index (χ3v) is 2.98. The van der Waals surface area contributed by atoms with Crippen molar-refractivity contribution in [1.82, 2.24) is 0 Å². The predicted molar refractivity (Wildman–Crippen MR) is 53.8 cm³/mol. The van der Waals surface area contributed by atoms with Gasteiger partial charge in [-0.25, -0.2) is 0 Å². The summed E-state index contributed by atoms with van der Waals surface area (Å²) in [6, 6.07) is 0. The average Bonchev–Trinajstić information content (AvgIpc) is 2.18. The Labute approximate surface area is 85.5 Å². The first kappa shape index (κ1) is 11.5. The molecule has 82 valence electrons. The lowest BCUT2D eigenvalue weighted by atomic mass is 9.80. The van der Waals surface area contributed by atoms with Crippen molar-refractivity contribution in [2.45, 2.75) is 39.0 Å². The molecule has 1 aliphatic carbocycles. The van der Waals surface area contributed by atoms with E-state index in [-0.39, 0.29) is 5.97 Å². The minimum atomic E-state index is -0.195. The maximum absolute atomic E-state index is 10.5. The first-order valence-corrected chi connectivity index (χ1v) is 5.46. The van der Waals surface area contributed by atoms with E-state index in [2.05, 4.69) is 0 Å². The summed E-state index contributed by atoms with van der Waals surface area (Å²) < 4.78 is 4.91. The van der Waals surface area contributed by atoms with Gasteiger partial charge in [0.2, 0.25) is 0 Å². The normalized spacial score (nSPS) is 27.3. The Bertz CT molecular complexity index is 179. The van der Waals surface area contributed by atoms with Crippen LogP contribution in [0, 0.1) is 11.8 Å². The molecule has 2 unspecified atom stereocenters. The van der Waals surface area contributed by atoms with Crippen LogP contribution in [-0.2, 0) is 9.53 Å². The molecular weight excluding hydrogens is 180 g/mol. The van der Waals surface area contributed by atoms with Gasteiger partial charge in [-0.3, -0.25) is 4.79 Å². The zero-order valence-electron chi connectivity index (χ0n) is 8.87. The van der Waals surface area contributed by atoms with Crippen LogP contribution in [0.25, 0.3) is 0 Å². The van der Waals surface area contributed by atoms with E-state index in [1.54, 1.807) is 0 Å². The van der Waals surface area contributed by atoms with Gasteiger partial charge in [-0.2, -0.15) is 0 Å². The third-order valence-electron chi connectivity index (χ3n) is 2.98. The molecule has 1 rings (SSSR count). The summed E-state index contributed by atoms with van der Waals surface area (Å²) >= 11 is 0. The van der Waals surface area contributed by atoms with Crippen LogP contribution in [0.15, 0.2) is 0 Å². The fourth-order valence-electron chi connectivity index (χ4n) is 2.20. The number of rotatable bonds is 4. The van der Waals surface area contributed by atoms with Crippen LogP contribution in [-0.4, -0.2) is 24.3 Å². The quantitative estimate of drug-likeness (QED) is 0.703. The molecule has 2 atom stereocenters. The molecule has 1 saturated carbocycles. The van der Waals surface area contributed by atoms with Crippen molar-refractivity contribution >= 4 is 5.97 Å². The summed E-state index contributed by atoms with van der Waals surface area (Å²) in [6.07, 6.45) is 5.63. The van der Waals surface area contributed by atoms with Gasteiger partial charge in [0.1, 0.15) is 0 Å². The molecule has 0 radical (unpaired) electrons. The number of carbonyl (C=O) groups excluding carboxylic acids is 1. The standard InChI is InChI=1S/C11H20O3/c1-9(13)14-6-5-10-3-2-4-11(7-10)8-12/h10-12H,2-8H2,1H3. The van der Waals surface area contributed by atoms with E-state index in [0.29, 0.717) is 25.0 Å². The molecule has 0 amide bonds. The second-order valence-electron chi connectivity index (χ2n) is 4.21. The number of carbonyl (C=O) groups is 1. The van der Waals surface area contributed by atoms with Gasteiger partial charge < -0.3 is 9.84 Å². The molecule has 0 aromatic carbocycles. The van der Waals surface area contributed by atoms with Crippen molar-refractivity contribution < 1.29 is 14.6 Å². The Morgan fingerprint density at radius 1 is 1.43 bits per heavy atom. The molecule has 3 nitrogen and oxygen atoms in total. The zero-order chi connectivity index (χ0) is 10.4. The molecule has 0 aromatic rings. The van der Waals surface area contributed by atoms with Crippen LogP contribution in [0.3, 0.4) is 0 Å². The fourth-order valence-corrected chi connectivity index (χ4v) is 2.20. The first-order valence-electron chi connectivity index (χ1n) is 5.46. The Morgan fingerprint density at radius 2 is 2.14 bits per heavy atom. The highest BCUT2D eigenvalue weighted by Crippen LogP contribution is 2.30. The van der Waals surface area contributed by atoms with Crippen LogP contribution < -0.4 is 0 Å². The van der Waals surface area contributed by atoms with E-state index < -0.39 is 0 Å². The Kier molecular flexibility index (Phi) is 4.94. The minimum Gasteiger partial charge on any atom is -0.466 e. The summed E-state index contributed by atoms with van der Waals surface area (Å²) in [5.74, 6) is 0.922. The first-order chi connectivity index (χ1) is 6.72. The monoisotopic (exact) mass is 200 g/mol. The van der Waals surface area contributed by atoms with Crippen LogP contribution in [0.4, 0.5) is 0 Å². The van der Waals surface area contributed by atoms with Crippen LogP contribution in [0.5, 0.6) is 0 Å². The Morgan fingerprint density at radius 3 is 2.79 bits per heavy atom. The second-order valence-corrected chi connectivity index (χ2v) is 4.21. The van der Waals surface area contributed by atoms with Crippen LogP contribution in [0.1, 0.15) is 39.0 Å². The van der Waals surface area contributed by atoms with Crippen LogP contribution >= 0.6 is 0 Å². The second kappa shape index (κ2) is 6.02. The maximum atomic E-state index is 10.5.